The lowest BCUT2D eigenvalue weighted by atomic mass is 10.1. The van der Waals surface area contributed by atoms with E-state index in [1.165, 1.54) is 6.07 Å². The average Bonchev–Trinajstić information content (AvgIpc) is 2.65. The summed E-state index contributed by atoms with van der Waals surface area (Å²) in [5, 5.41) is 6.56. The number of nitrogens with zero attached hydrogens (tertiary/aromatic N) is 3. The van der Waals surface area contributed by atoms with E-state index in [0.717, 1.165) is 34.9 Å². The van der Waals surface area contributed by atoms with Crippen LogP contribution in [0.5, 0.6) is 0 Å². The van der Waals surface area contributed by atoms with Gasteiger partial charge in [-0.15, -0.1) is 0 Å². The summed E-state index contributed by atoms with van der Waals surface area (Å²) in [6.45, 7) is 3.86. The Morgan fingerprint density at radius 1 is 1.19 bits per heavy atom. The molecule has 0 radical (unpaired) electrons. The maximum absolute atomic E-state index is 13.5. The maximum atomic E-state index is 13.5. The van der Waals surface area contributed by atoms with Gasteiger partial charge < -0.3 is 15.5 Å². The Hall–Kier alpha value is -2.28. The third-order valence-corrected chi connectivity index (χ3v) is 4.51. The number of thioether (sulfide) groups is 1. The highest BCUT2D eigenvalue weighted by molar-refractivity contribution is 7.97. The molecule has 0 aliphatic carbocycles. The zero-order valence-corrected chi connectivity index (χ0v) is 17.2. The molecule has 1 heterocycles. The summed E-state index contributed by atoms with van der Waals surface area (Å²) in [7, 11) is 3.94. The van der Waals surface area contributed by atoms with Gasteiger partial charge in [-0.3, -0.25) is 0 Å². The molecule has 7 heteroatoms. The van der Waals surface area contributed by atoms with Crippen LogP contribution in [0.25, 0.3) is 0 Å². The molecule has 1 aromatic carbocycles. The molecule has 0 spiro atoms. The molecule has 0 aliphatic rings. The van der Waals surface area contributed by atoms with E-state index in [2.05, 4.69) is 20.6 Å². The zero-order valence-electron chi connectivity index (χ0n) is 16.4. The van der Waals surface area contributed by atoms with Gasteiger partial charge in [0.05, 0.1) is 18.8 Å². The van der Waals surface area contributed by atoms with Gasteiger partial charge in [0.2, 0.25) is 0 Å². The van der Waals surface area contributed by atoms with Crippen molar-refractivity contribution in [2.75, 3.05) is 31.8 Å². The number of benzene rings is 1. The summed E-state index contributed by atoms with van der Waals surface area (Å²) >= 11 is 1.67. The molecule has 0 bridgehead atoms. The summed E-state index contributed by atoms with van der Waals surface area (Å²) in [4.78, 5) is 11.2. The molecule has 2 aromatic rings. The lowest BCUT2D eigenvalue weighted by molar-refractivity contribution is 0.625. The van der Waals surface area contributed by atoms with E-state index in [1.807, 2.05) is 56.4 Å². The number of hydrogen-bond acceptors (Lipinski definition) is 4. The number of aromatic nitrogens is 1. The number of hydrogen-bond donors (Lipinski definition) is 2. The largest absolute Gasteiger partial charge is 0.363 e. The number of anilines is 1. The molecule has 146 valence electrons. The van der Waals surface area contributed by atoms with Crippen LogP contribution in [0.2, 0.25) is 0 Å². The molecule has 0 aliphatic heterocycles. The first-order chi connectivity index (χ1) is 13.0. The van der Waals surface area contributed by atoms with Gasteiger partial charge in [0.1, 0.15) is 11.6 Å². The SMILES string of the molecule is CCNC(=NCc1ccc(F)cc1CSC)NCc1cccc(N(C)C)n1. The third kappa shape index (κ3) is 6.75. The highest BCUT2D eigenvalue weighted by Crippen LogP contribution is 2.17. The molecule has 2 N–H and O–H groups in total. The fraction of sp³-hybridized carbons (Fsp3) is 0.400. The number of halogens is 1. The van der Waals surface area contributed by atoms with Crippen LogP contribution in [0.15, 0.2) is 41.4 Å². The van der Waals surface area contributed by atoms with Crippen LogP contribution in [-0.2, 0) is 18.8 Å². The number of aliphatic imine (C=N–C) groups is 1. The van der Waals surface area contributed by atoms with Gasteiger partial charge in [-0.25, -0.2) is 14.4 Å². The fourth-order valence-electron chi connectivity index (χ4n) is 2.53. The Balaban J connectivity index is 2.07. The lowest BCUT2D eigenvalue weighted by Gasteiger charge is -2.14. The van der Waals surface area contributed by atoms with Crippen molar-refractivity contribution in [2.24, 2.45) is 4.99 Å². The summed E-state index contributed by atoms with van der Waals surface area (Å²) in [6.07, 6.45) is 2.01. The molecule has 0 saturated heterocycles. The van der Waals surface area contributed by atoms with Gasteiger partial charge in [0, 0.05) is 26.4 Å². The van der Waals surface area contributed by atoms with Crippen molar-refractivity contribution in [1.82, 2.24) is 15.6 Å². The maximum Gasteiger partial charge on any atom is 0.191 e. The summed E-state index contributed by atoms with van der Waals surface area (Å²) < 4.78 is 13.5. The van der Waals surface area contributed by atoms with Crippen molar-refractivity contribution in [1.29, 1.82) is 0 Å². The molecule has 5 nitrogen and oxygen atoms in total. The first-order valence-electron chi connectivity index (χ1n) is 8.95. The molecule has 0 amide bonds. The van der Waals surface area contributed by atoms with Crippen LogP contribution >= 0.6 is 11.8 Å². The van der Waals surface area contributed by atoms with Crippen LogP contribution in [-0.4, -0.2) is 37.8 Å². The number of rotatable bonds is 8. The third-order valence-electron chi connectivity index (χ3n) is 3.91. The molecule has 27 heavy (non-hydrogen) atoms. The Morgan fingerprint density at radius 2 is 2.00 bits per heavy atom. The van der Waals surface area contributed by atoms with E-state index in [1.54, 1.807) is 17.8 Å². The Kier molecular flexibility index (Phi) is 8.39. The molecule has 0 fully saturated rings. The predicted molar refractivity (Wildman–Crippen MR) is 114 cm³/mol. The minimum Gasteiger partial charge on any atom is -0.363 e. The van der Waals surface area contributed by atoms with E-state index in [0.29, 0.717) is 19.0 Å². The molecular weight excluding hydrogens is 361 g/mol. The van der Waals surface area contributed by atoms with E-state index in [4.69, 9.17) is 0 Å². The Bertz CT molecular complexity index is 764. The average molecular weight is 390 g/mol. The van der Waals surface area contributed by atoms with Crippen LogP contribution in [0.3, 0.4) is 0 Å². The molecular formula is C20H28FN5S. The van der Waals surface area contributed by atoms with Crippen LogP contribution in [0.4, 0.5) is 10.2 Å². The molecule has 0 unspecified atom stereocenters. The van der Waals surface area contributed by atoms with Crippen LogP contribution in [0, 0.1) is 5.82 Å². The predicted octanol–water partition coefficient (Wildman–Crippen LogP) is 3.41. The lowest BCUT2D eigenvalue weighted by Crippen LogP contribution is -2.37. The topological polar surface area (TPSA) is 52.6 Å². The van der Waals surface area contributed by atoms with Crippen molar-refractivity contribution in [3.05, 3.63) is 59.0 Å². The number of guanidine groups is 1. The van der Waals surface area contributed by atoms with Gasteiger partial charge >= 0.3 is 0 Å². The van der Waals surface area contributed by atoms with Gasteiger partial charge in [0.25, 0.3) is 0 Å². The normalized spacial score (nSPS) is 11.4. The highest BCUT2D eigenvalue weighted by Gasteiger charge is 2.06. The summed E-state index contributed by atoms with van der Waals surface area (Å²) in [5.74, 6) is 2.20. The molecule has 0 atom stereocenters. The Morgan fingerprint density at radius 3 is 2.70 bits per heavy atom. The molecule has 1 aromatic heterocycles. The van der Waals surface area contributed by atoms with Gasteiger partial charge in [-0.05, 0) is 48.6 Å². The van der Waals surface area contributed by atoms with Crippen molar-refractivity contribution in [2.45, 2.75) is 25.8 Å². The molecule has 2 rings (SSSR count). The quantitative estimate of drug-likeness (QED) is 0.535. The van der Waals surface area contributed by atoms with E-state index < -0.39 is 0 Å². The van der Waals surface area contributed by atoms with E-state index in [-0.39, 0.29) is 5.82 Å². The number of pyridine rings is 1. The van der Waals surface area contributed by atoms with Gasteiger partial charge in [0.15, 0.2) is 5.96 Å². The van der Waals surface area contributed by atoms with Crippen LogP contribution < -0.4 is 15.5 Å². The second-order valence-electron chi connectivity index (χ2n) is 6.28. The Labute approximate surface area is 165 Å². The standard InChI is InChI=1S/C20H28FN5S/c1-5-22-20(24-13-18-7-6-8-19(25-18)26(2)3)23-12-15-9-10-17(21)11-16(15)14-27-4/h6-11H,5,12-14H2,1-4H3,(H2,22,23,24). The van der Waals surface area contributed by atoms with Gasteiger partial charge in [-0.2, -0.15) is 11.8 Å². The van der Waals surface area contributed by atoms with Crippen molar-refractivity contribution >= 4 is 23.5 Å². The summed E-state index contributed by atoms with van der Waals surface area (Å²) in [6, 6.07) is 10.9. The fourth-order valence-corrected chi connectivity index (χ4v) is 3.11. The highest BCUT2D eigenvalue weighted by atomic mass is 32.2. The van der Waals surface area contributed by atoms with Crippen LogP contribution in [0.1, 0.15) is 23.7 Å². The van der Waals surface area contributed by atoms with Gasteiger partial charge in [-0.1, -0.05) is 12.1 Å². The van der Waals surface area contributed by atoms with Crippen molar-refractivity contribution in [3.63, 3.8) is 0 Å². The number of nitrogens with one attached hydrogen (secondary N) is 2. The summed E-state index contributed by atoms with van der Waals surface area (Å²) in [5.41, 5.74) is 2.97. The zero-order chi connectivity index (χ0) is 19.6. The second kappa shape index (κ2) is 10.8. The van der Waals surface area contributed by atoms with E-state index in [9.17, 15) is 4.39 Å². The smallest absolute Gasteiger partial charge is 0.191 e. The first kappa shape index (κ1) is 21.0. The minimum atomic E-state index is -0.205. The first-order valence-corrected chi connectivity index (χ1v) is 10.3. The monoisotopic (exact) mass is 389 g/mol. The minimum absolute atomic E-state index is 0.205. The molecule has 0 saturated carbocycles. The van der Waals surface area contributed by atoms with Crippen molar-refractivity contribution in [3.8, 4) is 0 Å². The van der Waals surface area contributed by atoms with Crippen molar-refractivity contribution < 1.29 is 4.39 Å². The van der Waals surface area contributed by atoms with E-state index >= 15 is 0 Å². The second-order valence-corrected chi connectivity index (χ2v) is 7.14.